The molecule has 1 saturated heterocycles. The summed E-state index contributed by atoms with van der Waals surface area (Å²) in [5, 5.41) is 7.29. The summed E-state index contributed by atoms with van der Waals surface area (Å²) in [5.74, 6) is 1.23. The van der Waals surface area contributed by atoms with Crippen LogP contribution in [-0.2, 0) is 31.1 Å². The molecule has 0 bridgehead atoms. The van der Waals surface area contributed by atoms with Gasteiger partial charge in [0.25, 0.3) is 0 Å². The van der Waals surface area contributed by atoms with Crippen LogP contribution in [0.1, 0.15) is 65.0 Å². The van der Waals surface area contributed by atoms with E-state index in [-0.39, 0.29) is 29.7 Å². The topological polar surface area (TPSA) is 175 Å². The van der Waals surface area contributed by atoms with E-state index in [1.807, 2.05) is 11.1 Å². The summed E-state index contributed by atoms with van der Waals surface area (Å²) < 4.78 is 9.34. The van der Waals surface area contributed by atoms with Crippen molar-refractivity contribution in [3.63, 3.8) is 0 Å². The van der Waals surface area contributed by atoms with Crippen molar-refractivity contribution in [2.75, 3.05) is 33.9 Å². The van der Waals surface area contributed by atoms with Crippen molar-refractivity contribution in [3.05, 3.63) is 84.7 Å². The number of benzene rings is 3. The number of carbonyl (C=O) groups excluding carboxylic acids is 4. The third-order valence-electron chi connectivity index (χ3n) is 12.0. The predicted molar refractivity (Wildman–Crippen MR) is 220 cm³/mol. The van der Waals surface area contributed by atoms with E-state index in [4.69, 9.17) is 9.72 Å². The van der Waals surface area contributed by atoms with Gasteiger partial charge in [0.15, 0.2) is 0 Å². The molecule has 3 aromatic carbocycles. The monoisotopic (exact) mass is 788 g/mol. The van der Waals surface area contributed by atoms with Gasteiger partial charge in [-0.3, -0.25) is 9.59 Å². The quantitative estimate of drug-likeness (QED) is 0.0988. The molecule has 4 amide bonds. The van der Waals surface area contributed by atoms with Gasteiger partial charge < -0.3 is 39.9 Å². The zero-order valence-electron chi connectivity index (χ0n) is 34.0. The van der Waals surface area contributed by atoms with E-state index in [0.717, 1.165) is 75.9 Å². The number of fused-ring (bicyclic) bond motifs is 1. The maximum Gasteiger partial charge on any atom is 0.407 e. The van der Waals surface area contributed by atoms with Crippen LogP contribution in [0.5, 0.6) is 0 Å². The van der Waals surface area contributed by atoms with E-state index in [2.05, 4.69) is 112 Å². The van der Waals surface area contributed by atoms with Crippen LogP contribution in [0.4, 0.5) is 9.59 Å². The lowest BCUT2D eigenvalue weighted by Gasteiger charge is -2.38. The summed E-state index contributed by atoms with van der Waals surface area (Å²) in [4.78, 5) is 70.0. The molecule has 2 fully saturated rings. The van der Waals surface area contributed by atoms with Gasteiger partial charge in [0.05, 0.1) is 44.5 Å². The molecule has 304 valence electrons. The van der Waals surface area contributed by atoms with Gasteiger partial charge >= 0.3 is 12.2 Å². The largest absolute Gasteiger partial charge is 0.453 e. The van der Waals surface area contributed by atoms with E-state index in [9.17, 15) is 19.2 Å². The number of imidazole rings is 2. The van der Waals surface area contributed by atoms with Crippen LogP contribution in [0.2, 0.25) is 0 Å². The van der Waals surface area contributed by atoms with Crippen molar-refractivity contribution in [2.45, 2.75) is 71.5 Å². The lowest BCUT2D eigenvalue weighted by Crippen LogP contribution is -2.53. The highest BCUT2D eigenvalue weighted by Crippen LogP contribution is 2.46. The fourth-order valence-electron chi connectivity index (χ4n) is 8.14. The molecular formula is C44H52N8O6. The van der Waals surface area contributed by atoms with Crippen molar-refractivity contribution in [3.8, 4) is 33.6 Å². The van der Waals surface area contributed by atoms with Crippen LogP contribution in [0.3, 0.4) is 0 Å². The van der Waals surface area contributed by atoms with Crippen molar-refractivity contribution in [1.29, 1.82) is 0 Å². The van der Waals surface area contributed by atoms with Crippen LogP contribution in [-0.4, -0.2) is 93.6 Å². The summed E-state index contributed by atoms with van der Waals surface area (Å²) in [5.41, 5.74) is 5.26. The number of methoxy groups -OCH3 is 2. The molecule has 2 aromatic heterocycles. The van der Waals surface area contributed by atoms with Crippen molar-refractivity contribution in [2.24, 2.45) is 11.3 Å². The highest BCUT2D eigenvalue weighted by molar-refractivity contribution is 5.91. The van der Waals surface area contributed by atoms with Crippen molar-refractivity contribution >= 4 is 34.8 Å². The Bertz CT molecular complexity index is 2310. The maximum absolute atomic E-state index is 13.6. The second kappa shape index (κ2) is 16.4. The molecule has 7 rings (SSSR count). The van der Waals surface area contributed by atoms with Gasteiger partial charge in [0.1, 0.15) is 29.8 Å². The number of ether oxygens (including phenoxy) is 2. The minimum absolute atomic E-state index is 0.0885. The van der Waals surface area contributed by atoms with Gasteiger partial charge in [-0.15, -0.1) is 0 Å². The molecule has 4 N–H and O–H groups in total. The fourth-order valence-corrected chi connectivity index (χ4v) is 8.14. The SMILES string of the molecule is CC[C@@H]1CCN(C(=O)[C@H](C)NC(=O)OC)[C@]1(C)c1ncc(-c2ccc(-c3ccc4cc(-c5cnc(CN(CC6(C)CC6)C(=O)CNC(=O)OC)[nH]5)ccc4c3)cc2)[nH]1. The van der Waals surface area contributed by atoms with Crippen molar-refractivity contribution < 1.29 is 28.7 Å². The molecule has 0 unspecified atom stereocenters. The van der Waals surface area contributed by atoms with Crippen LogP contribution >= 0.6 is 0 Å². The molecule has 5 aromatic rings. The molecule has 58 heavy (non-hydrogen) atoms. The van der Waals surface area contributed by atoms with Gasteiger partial charge in [0, 0.05) is 18.7 Å². The molecular weight excluding hydrogens is 737 g/mol. The number of nitrogens with zero attached hydrogens (tertiary/aromatic N) is 4. The second-order valence-electron chi connectivity index (χ2n) is 16.0. The molecule has 1 aliphatic heterocycles. The van der Waals surface area contributed by atoms with E-state index >= 15 is 0 Å². The number of alkyl carbamates (subject to hydrolysis) is 2. The Morgan fingerprint density at radius 2 is 1.48 bits per heavy atom. The normalized spacial score (nSPS) is 18.7. The number of carbonyl (C=O) groups is 4. The smallest absolute Gasteiger partial charge is 0.407 e. The van der Waals surface area contributed by atoms with E-state index < -0.39 is 23.8 Å². The number of hydrogen-bond acceptors (Lipinski definition) is 8. The summed E-state index contributed by atoms with van der Waals surface area (Å²) >= 11 is 0. The summed E-state index contributed by atoms with van der Waals surface area (Å²) in [7, 11) is 2.55. The maximum atomic E-state index is 13.6. The fraction of sp³-hybridized carbons (Fsp3) is 0.409. The Balaban J connectivity index is 1.04. The van der Waals surface area contributed by atoms with Crippen LogP contribution in [0.15, 0.2) is 73.1 Å². The van der Waals surface area contributed by atoms with Crippen molar-refractivity contribution in [1.82, 2.24) is 40.4 Å². The molecule has 3 atom stereocenters. The lowest BCUT2D eigenvalue weighted by atomic mass is 9.83. The summed E-state index contributed by atoms with van der Waals surface area (Å²) in [6, 6.07) is 20.3. The summed E-state index contributed by atoms with van der Waals surface area (Å²) in [6.45, 7) is 9.36. The van der Waals surface area contributed by atoms with Gasteiger partial charge in [0.2, 0.25) is 11.8 Å². The Labute approximate surface area is 338 Å². The predicted octanol–water partition coefficient (Wildman–Crippen LogP) is 6.99. The first-order valence-electron chi connectivity index (χ1n) is 19.8. The average molecular weight is 789 g/mol. The third-order valence-corrected chi connectivity index (χ3v) is 12.0. The highest BCUT2D eigenvalue weighted by Gasteiger charge is 2.50. The number of likely N-dealkylation sites (tertiary alicyclic amines) is 1. The van der Waals surface area contributed by atoms with Gasteiger partial charge in [-0.1, -0.05) is 68.8 Å². The molecule has 0 radical (unpaired) electrons. The minimum atomic E-state index is -0.738. The van der Waals surface area contributed by atoms with Crippen LogP contribution in [0.25, 0.3) is 44.4 Å². The summed E-state index contributed by atoms with van der Waals surface area (Å²) in [6.07, 6.45) is 6.18. The number of aromatic amines is 2. The molecule has 14 heteroatoms. The van der Waals surface area contributed by atoms with Gasteiger partial charge in [-0.25, -0.2) is 19.6 Å². The van der Waals surface area contributed by atoms with Crippen LogP contribution < -0.4 is 10.6 Å². The molecule has 1 aliphatic carbocycles. The zero-order valence-corrected chi connectivity index (χ0v) is 34.0. The van der Waals surface area contributed by atoms with Gasteiger partial charge in [-0.05, 0) is 84.0 Å². The molecule has 14 nitrogen and oxygen atoms in total. The highest BCUT2D eigenvalue weighted by atomic mass is 16.5. The van der Waals surface area contributed by atoms with E-state index in [1.165, 1.54) is 14.2 Å². The first-order valence-corrected chi connectivity index (χ1v) is 19.8. The number of aromatic nitrogens is 4. The molecule has 3 heterocycles. The number of hydrogen-bond donors (Lipinski definition) is 4. The number of amides is 4. The second-order valence-corrected chi connectivity index (χ2v) is 16.0. The zero-order chi connectivity index (χ0) is 41.2. The third kappa shape index (κ3) is 8.27. The molecule has 0 spiro atoms. The first-order chi connectivity index (χ1) is 27.8. The van der Waals surface area contributed by atoms with E-state index in [1.54, 1.807) is 18.0 Å². The lowest BCUT2D eigenvalue weighted by molar-refractivity contribution is -0.138. The standard InChI is InChI=1S/C44H52N8O6/c1-7-34-16-19-52(39(54)27(2)48-42(56)58-6)44(34,4)40-46-23-35(50-40)29-10-8-28(9-11-29)30-12-13-32-21-33(15-14-31(32)20-30)36-22-45-37(49-36)25-51(26-43(3)17-18-43)38(53)24-47-41(55)57-5/h8-15,20-23,27,34H,7,16-19,24-26H2,1-6H3,(H,45,49)(H,46,50)(H,47,55)(H,48,56)/t27-,34+,44-/m0/s1. The Morgan fingerprint density at radius 3 is 2.16 bits per heavy atom. The Hall–Kier alpha value is -6.18. The first kappa shape index (κ1) is 40.0. The number of nitrogens with one attached hydrogen (secondary N) is 4. The number of rotatable bonds is 13. The molecule has 2 aliphatic rings. The van der Waals surface area contributed by atoms with Crippen LogP contribution in [0, 0.1) is 11.3 Å². The van der Waals surface area contributed by atoms with Gasteiger partial charge in [-0.2, -0.15) is 0 Å². The Kier molecular flexibility index (Phi) is 11.3. The molecule has 1 saturated carbocycles. The Morgan fingerprint density at radius 1 is 0.862 bits per heavy atom. The van der Waals surface area contributed by atoms with E-state index in [0.29, 0.717) is 25.5 Å². The minimum Gasteiger partial charge on any atom is -0.453 e. The number of H-pyrrole nitrogens is 2. The average Bonchev–Trinajstić information content (AvgIpc) is 3.60.